The SMILES string of the molecule is C=C(C)C(=O)OC(=C(C)C)C(O)(C(F)(F)F)C(F)(F)F. The Balaban J connectivity index is 6.08. The van der Waals surface area contributed by atoms with Crippen LogP contribution in [0.2, 0.25) is 0 Å². The van der Waals surface area contributed by atoms with Gasteiger partial charge >= 0.3 is 23.9 Å². The highest BCUT2D eigenvalue weighted by molar-refractivity contribution is 5.87. The summed E-state index contributed by atoms with van der Waals surface area (Å²) in [5.74, 6) is -3.43. The zero-order valence-corrected chi connectivity index (χ0v) is 10.7. The first-order valence-corrected chi connectivity index (χ1v) is 5.07. The molecule has 0 aromatic heterocycles. The minimum absolute atomic E-state index is 0.421. The second-order valence-electron chi connectivity index (χ2n) is 4.20. The van der Waals surface area contributed by atoms with Crippen LogP contribution < -0.4 is 0 Å². The van der Waals surface area contributed by atoms with Gasteiger partial charge in [0.2, 0.25) is 0 Å². The molecule has 0 aromatic carbocycles. The van der Waals surface area contributed by atoms with Crippen LogP contribution in [0.15, 0.2) is 23.5 Å². The Morgan fingerprint density at radius 1 is 1.00 bits per heavy atom. The molecule has 0 saturated carbocycles. The first-order chi connectivity index (χ1) is 8.66. The number of hydrogen-bond acceptors (Lipinski definition) is 3. The van der Waals surface area contributed by atoms with Gasteiger partial charge in [0.1, 0.15) is 0 Å². The lowest BCUT2D eigenvalue weighted by atomic mass is 9.96. The standard InChI is InChI=1S/C11H12F6O3/c1-5(2)7(20-8(18)6(3)4)9(19,10(12,13)14)11(15,16)17/h19H,3H2,1-2,4H3. The molecule has 0 fully saturated rings. The highest BCUT2D eigenvalue weighted by Crippen LogP contribution is 2.48. The number of allylic oxidation sites excluding steroid dienone is 1. The molecule has 20 heavy (non-hydrogen) atoms. The van der Waals surface area contributed by atoms with Gasteiger partial charge in [-0.1, -0.05) is 6.58 Å². The molecule has 0 atom stereocenters. The summed E-state index contributed by atoms with van der Waals surface area (Å²) in [6, 6.07) is 0. The second kappa shape index (κ2) is 5.47. The van der Waals surface area contributed by atoms with E-state index in [9.17, 15) is 31.1 Å². The highest BCUT2D eigenvalue weighted by Gasteiger charge is 2.74. The minimum atomic E-state index is -6.12. The van der Waals surface area contributed by atoms with Gasteiger partial charge in [-0.3, -0.25) is 0 Å². The van der Waals surface area contributed by atoms with Gasteiger partial charge in [-0.15, -0.1) is 0 Å². The Kier molecular flexibility index (Phi) is 5.06. The number of rotatable bonds is 3. The van der Waals surface area contributed by atoms with Crippen molar-refractivity contribution in [1.82, 2.24) is 0 Å². The summed E-state index contributed by atoms with van der Waals surface area (Å²) in [5.41, 5.74) is -6.35. The van der Waals surface area contributed by atoms with E-state index < -0.39 is 40.8 Å². The zero-order valence-electron chi connectivity index (χ0n) is 10.7. The summed E-state index contributed by atoms with van der Waals surface area (Å²) in [4.78, 5) is 11.2. The van der Waals surface area contributed by atoms with Gasteiger partial charge in [-0.2, -0.15) is 26.3 Å². The number of ether oxygens (including phenoxy) is 1. The van der Waals surface area contributed by atoms with Crippen molar-refractivity contribution < 1.29 is 41.0 Å². The van der Waals surface area contributed by atoms with Crippen LogP contribution in [0, 0.1) is 0 Å². The third-order valence-electron chi connectivity index (χ3n) is 2.15. The molecule has 116 valence electrons. The lowest BCUT2D eigenvalue weighted by Gasteiger charge is -2.34. The van der Waals surface area contributed by atoms with Crippen LogP contribution in [0.4, 0.5) is 26.3 Å². The number of carbonyl (C=O) groups is 1. The molecule has 0 aliphatic rings. The Labute approximate surface area is 110 Å². The lowest BCUT2D eigenvalue weighted by molar-refractivity contribution is -0.360. The van der Waals surface area contributed by atoms with Gasteiger partial charge < -0.3 is 9.84 Å². The maximum Gasteiger partial charge on any atom is 0.433 e. The van der Waals surface area contributed by atoms with Crippen molar-refractivity contribution >= 4 is 5.97 Å². The van der Waals surface area contributed by atoms with Crippen LogP contribution in [-0.4, -0.2) is 29.0 Å². The highest BCUT2D eigenvalue weighted by atomic mass is 19.4. The van der Waals surface area contributed by atoms with Crippen molar-refractivity contribution in [2.24, 2.45) is 0 Å². The van der Waals surface area contributed by atoms with Gasteiger partial charge in [-0.05, 0) is 26.3 Å². The fourth-order valence-corrected chi connectivity index (χ4v) is 1.14. The van der Waals surface area contributed by atoms with E-state index in [4.69, 9.17) is 5.11 Å². The molecular weight excluding hydrogens is 294 g/mol. The molecule has 0 bridgehead atoms. The van der Waals surface area contributed by atoms with Crippen molar-refractivity contribution in [3.63, 3.8) is 0 Å². The first-order valence-electron chi connectivity index (χ1n) is 5.07. The maximum atomic E-state index is 12.6. The second-order valence-corrected chi connectivity index (χ2v) is 4.20. The average molecular weight is 306 g/mol. The quantitative estimate of drug-likeness (QED) is 0.377. The number of halogens is 6. The molecule has 1 N–H and O–H groups in total. The molecule has 0 saturated heterocycles. The first kappa shape index (κ1) is 18.5. The van der Waals surface area contributed by atoms with Crippen LogP contribution in [0.3, 0.4) is 0 Å². The van der Waals surface area contributed by atoms with E-state index in [1.807, 2.05) is 0 Å². The van der Waals surface area contributed by atoms with E-state index in [-0.39, 0.29) is 0 Å². The molecule has 0 aromatic rings. The molecular formula is C11H12F6O3. The van der Waals surface area contributed by atoms with Crippen molar-refractivity contribution in [2.45, 2.75) is 38.7 Å². The van der Waals surface area contributed by atoms with E-state index in [1.165, 1.54) is 0 Å². The van der Waals surface area contributed by atoms with E-state index in [2.05, 4.69) is 11.3 Å². The minimum Gasteiger partial charge on any atom is -0.424 e. The predicted octanol–water partition coefficient (Wildman–Crippen LogP) is 3.26. The van der Waals surface area contributed by atoms with Crippen LogP contribution in [0.1, 0.15) is 20.8 Å². The number of alkyl halides is 6. The third kappa shape index (κ3) is 3.33. The Hall–Kier alpha value is -1.51. The van der Waals surface area contributed by atoms with Gasteiger partial charge in [0.15, 0.2) is 5.76 Å². The smallest absolute Gasteiger partial charge is 0.424 e. The molecule has 0 radical (unpaired) electrons. The predicted molar refractivity (Wildman–Crippen MR) is 56.3 cm³/mol. The van der Waals surface area contributed by atoms with E-state index >= 15 is 0 Å². The number of esters is 1. The molecule has 0 rings (SSSR count). The summed E-state index contributed by atoms with van der Waals surface area (Å²) in [7, 11) is 0. The normalized spacial score (nSPS) is 12.9. The van der Waals surface area contributed by atoms with Crippen LogP contribution >= 0.6 is 0 Å². The van der Waals surface area contributed by atoms with Crippen molar-refractivity contribution in [2.75, 3.05) is 0 Å². The fourth-order valence-electron chi connectivity index (χ4n) is 1.14. The molecule has 3 nitrogen and oxygen atoms in total. The third-order valence-corrected chi connectivity index (χ3v) is 2.15. The lowest BCUT2D eigenvalue weighted by Crippen LogP contribution is -2.59. The molecule has 0 amide bonds. The summed E-state index contributed by atoms with van der Waals surface area (Å²) in [6.45, 7) is 5.74. The van der Waals surface area contributed by atoms with Gasteiger partial charge in [0.25, 0.3) is 0 Å². The topological polar surface area (TPSA) is 46.5 Å². The zero-order chi connectivity index (χ0) is 16.5. The van der Waals surface area contributed by atoms with Crippen LogP contribution in [0.25, 0.3) is 0 Å². The van der Waals surface area contributed by atoms with E-state index in [0.29, 0.717) is 0 Å². The summed E-state index contributed by atoms with van der Waals surface area (Å²) in [5, 5.41) is 9.13. The Bertz CT molecular complexity index is 426. The van der Waals surface area contributed by atoms with Crippen molar-refractivity contribution in [3.8, 4) is 0 Å². The Morgan fingerprint density at radius 3 is 1.55 bits per heavy atom. The number of hydrogen-bond donors (Lipinski definition) is 1. The van der Waals surface area contributed by atoms with Gasteiger partial charge in [0, 0.05) is 5.57 Å². The van der Waals surface area contributed by atoms with E-state index in [0.717, 1.165) is 20.8 Å². The van der Waals surface area contributed by atoms with Crippen molar-refractivity contribution in [3.05, 3.63) is 23.5 Å². The van der Waals surface area contributed by atoms with Crippen LogP contribution in [0.5, 0.6) is 0 Å². The largest absolute Gasteiger partial charge is 0.433 e. The van der Waals surface area contributed by atoms with Crippen molar-refractivity contribution in [1.29, 1.82) is 0 Å². The van der Waals surface area contributed by atoms with Gasteiger partial charge in [0.05, 0.1) is 0 Å². The van der Waals surface area contributed by atoms with Gasteiger partial charge in [-0.25, -0.2) is 4.79 Å². The summed E-state index contributed by atoms with van der Waals surface area (Å²) in [6.07, 6.45) is -12.2. The molecule has 0 spiro atoms. The fraction of sp³-hybridized carbons (Fsp3) is 0.545. The summed E-state index contributed by atoms with van der Waals surface area (Å²) >= 11 is 0. The monoisotopic (exact) mass is 306 g/mol. The maximum absolute atomic E-state index is 12.6. The molecule has 9 heteroatoms. The van der Waals surface area contributed by atoms with E-state index in [1.54, 1.807) is 0 Å². The average Bonchev–Trinajstić information content (AvgIpc) is 2.20. The van der Waals surface area contributed by atoms with Crippen LogP contribution in [-0.2, 0) is 9.53 Å². The number of aliphatic hydroxyl groups is 1. The molecule has 0 aliphatic carbocycles. The Morgan fingerprint density at radius 2 is 1.35 bits per heavy atom. The molecule has 0 unspecified atom stereocenters. The molecule has 0 aliphatic heterocycles. The number of carbonyl (C=O) groups excluding carboxylic acids is 1. The summed E-state index contributed by atoms with van der Waals surface area (Å²) < 4.78 is 79.9. The molecule has 0 heterocycles.